The van der Waals surface area contributed by atoms with Crippen LogP contribution in [0.4, 0.5) is 4.39 Å². The summed E-state index contributed by atoms with van der Waals surface area (Å²) in [6.45, 7) is 6.48. The summed E-state index contributed by atoms with van der Waals surface area (Å²) in [6, 6.07) is 5.16. The first-order chi connectivity index (χ1) is 20.8. The second kappa shape index (κ2) is 10.4. The fraction of sp³-hybridized carbons (Fsp3) is 0.594. The van der Waals surface area contributed by atoms with Crippen LogP contribution in [-0.2, 0) is 0 Å². The number of phenolic OH excluding ortho intramolecular Hbond substituents is 1. The highest BCUT2D eigenvalue weighted by Crippen LogP contribution is 2.52. The molecule has 2 aromatic heterocycles. The SMILES string of the molecule is C[C@@H]1C[C@H]1c1c(Cl)cc(O)cc1-n1ncc2c(C3CC4CNCC3CN4)nc(OC[C@@]34CCCN3C[C@H](F)C4)cc2c1=O. The lowest BCUT2D eigenvalue weighted by Gasteiger charge is -2.34. The zero-order valence-corrected chi connectivity index (χ0v) is 25.1. The zero-order valence-electron chi connectivity index (χ0n) is 24.4. The minimum atomic E-state index is -0.846. The van der Waals surface area contributed by atoms with Gasteiger partial charge in [-0.15, -0.1) is 0 Å². The van der Waals surface area contributed by atoms with Crippen LogP contribution in [0.3, 0.4) is 0 Å². The van der Waals surface area contributed by atoms with Gasteiger partial charge in [-0.1, -0.05) is 18.5 Å². The van der Waals surface area contributed by atoms with Crippen LogP contribution < -0.4 is 20.9 Å². The molecule has 5 saturated heterocycles. The van der Waals surface area contributed by atoms with Gasteiger partial charge in [-0.25, -0.2) is 9.37 Å². The van der Waals surface area contributed by atoms with E-state index >= 15 is 0 Å². The Bertz CT molecular complexity index is 1650. The summed E-state index contributed by atoms with van der Waals surface area (Å²) in [5.74, 6) is 1.47. The van der Waals surface area contributed by atoms with E-state index in [-0.39, 0.29) is 28.7 Å². The number of alkyl halides is 1. The third-order valence-electron chi connectivity index (χ3n) is 10.8. The van der Waals surface area contributed by atoms with Crippen LogP contribution in [0, 0.1) is 11.8 Å². The highest BCUT2D eigenvalue weighted by Gasteiger charge is 2.49. The Morgan fingerprint density at radius 3 is 2.88 bits per heavy atom. The number of hydrogen-bond acceptors (Lipinski definition) is 8. The van der Waals surface area contributed by atoms with Crippen molar-refractivity contribution in [3.63, 3.8) is 0 Å². The molecule has 7 heterocycles. The maximum atomic E-state index is 14.5. The number of aromatic nitrogens is 3. The third kappa shape index (κ3) is 4.72. The predicted molar refractivity (Wildman–Crippen MR) is 162 cm³/mol. The number of rotatable bonds is 6. The molecule has 3 aromatic rings. The molecule has 3 unspecified atom stereocenters. The molecule has 6 aliphatic rings. The van der Waals surface area contributed by atoms with Gasteiger partial charge in [-0.2, -0.15) is 9.78 Å². The molecule has 0 amide bonds. The Morgan fingerprint density at radius 2 is 2.05 bits per heavy atom. The monoisotopic (exact) mass is 608 g/mol. The van der Waals surface area contributed by atoms with Gasteiger partial charge in [0, 0.05) is 66.1 Å². The summed E-state index contributed by atoms with van der Waals surface area (Å²) >= 11 is 6.64. The van der Waals surface area contributed by atoms with Crippen LogP contribution in [-0.4, -0.2) is 81.9 Å². The van der Waals surface area contributed by atoms with Gasteiger partial charge in [0.05, 0.1) is 28.5 Å². The molecule has 5 aliphatic heterocycles. The lowest BCUT2D eigenvalue weighted by Crippen LogP contribution is -2.43. The molecule has 9 rings (SSSR count). The second-order valence-corrected chi connectivity index (χ2v) is 14.0. The molecule has 1 aromatic carbocycles. The van der Waals surface area contributed by atoms with Gasteiger partial charge in [-0.05, 0) is 62.6 Å². The van der Waals surface area contributed by atoms with Crippen molar-refractivity contribution in [1.29, 1.82) is 0 Å². The van der Waals surface area contributed by atoms with Gasteiger partial charge < -0.3 is 20.5 Å². The Labute approximate surface area is 254 Å². The van der Waals surface area contributed by atoms with Crippen molar-refractivity contribution in [2.24, 2.45) is 11.8 Å². The number of aromatic hydroxyl groups is 1. The van der Waals surface area contributed by atoms with E-state index in [1.165, 1.54) is 10.7 Å². The van der Waals surface area contributed by atoms with Crippen LogP contribution in [0.5, 0.6) is 11.6 Å². The average molecular weight is 609 g/mol. The molecule has 1 saturated carbocycles. The van der Waals surface area contributed by atoms with E-state index in [0.29, 0.717) is 59.4 Å². The highest BCUT2D eigenvalue weighted by molar-refractivity contribution is 6.32. The van der Waals surface area contributed by atoms with Crippen molar-refractivity contribution >= 4 is 22.4 Å². The summed E-state index contributed by atoms with van der Waals surface area (Å²) in [4.78, 5) is 21.6. The van der Waals surface area contributed by atoms with Crippen molar-refractivity contribution < 1.29 is 14.2 Å². The maximum Gasteiger partial charge on any atom is 0.279 e. The van der Waals surface area contributed by atoms with Crippen molar-refractivity contribution in [3.05, 3.63) is 51.0 Å². The Hall–Kier alpha value is -2.79. The van der Waals surface area contributed by atoms with Crippen LogP contribution in [0.1, 0.15) is 62.1 Å². The molecule has 11 heteroatoms. The van der Waals surface area contributed by atoms with E-state index < -0.39 is 6.17 Å². The topological polar surface area (TPSA) is 105 Å². The number of benzene rings is 1. The number of pyridine rings is 1. The number of fused-ring (bicyclic) bond motifs is 6. The van der Waals surface area contributed by atoms with Crippen molar-refractivity contribution in [1.82, 2.24) is 30.3 Å². The molecule has 9 nitrogen and oxygen atoms in total. The van der Waals surface area contributed by atoms with Gasteiger partial charge >= 0.3 is 0 Å². The number of phenols is 1. The molecule has 1 aliphatic carbocycles. The van der Waals surface area contributed by atoms with E-state index in [9.17, 15) is 14.3 Å². The predicted octanol–water partition coefficient (Wildman–Crippen LogP) is 3.88. The molecular formula is C32H38ClFN6O3. The van der Waals surface area contributed by atoms with E-state index in [4.69, 9.17) is 21.3 Å². The summed E-state index contributed by atoms with van der Waals surface area (Å²) in [6.07, 6.45) is 5.16. The quantitative estimate of drug-likeness (QED) is 0.387. The average Bonchev–Trinajstić information content (AvgIpc) is 3.59. The largest absolute Gasteiger partial charge is 0.508 e. The number of ether oxygens (including phenoxy) is 1. The number of hydrogen-bond donors (Lipinski definition) is 3. The fourth-order valence-corrected chi connectivity index (χ4v) is 8.73. The van der Waals surface area contributed by atoms with E-state index in [1.54, 1.807) is 18.3 Å². The molecule has 0 spiro atoms. The minimum absolute atomic E-state index is 0.0112. The molecule has 6 fully saturated rings. The molecule has 0 radical (unpaired) electrons. The van der Waals surface area contributed by atoms with Crippen LogP contribution in [0.2, 0.25) is 5.02 Å². The molecule has 43 heavy (non-hydrogen) atoms. The fourth-order valence-electron chi connectivity index (χ4n) is 8.38. The van der Waals surface area contributed by atoms with Crippen molar-refractivity contribution in [3.8, 4) is 17.3 Å². The summed E-state index contributed by atoms with van der Waals surface area (Å²) < 4.78 is 22.3. The summed E-state index contributed by atoms with van der Waals surface area (Å²) in [5.41, 5.74) is 1.56. The van der Waals surface area contributed by atoms with E-state index in [2.05, 4.69) is 27.6 Å². The first-order valence-electron chi connectivity index (χ1n) is 15.7. The van der Waals surface area contributed by atoms with Crippen molar-refractivity contribution in [2.75, 3.05) is 39.3 Å². The Morgan fingerprint density at radius 1 is 1.19 bits per heavy atom. The molecule has 7 atom stereocenters. The summed E-state index contributed by atoms with van der Waals surface area (Å²) in [7, 11) is 0. The van der Waals surface area contributed by atoms with E-state index in [0.717, 1.165) is 68.5 Å². The minimum Gasteiger partial charge on any atom is -0.508 e. The van der Waals surface area contributed by atoms with Gasteiger partial charge in [0.25, 0.3) is 5.56 Å². The number of piperidine rings is 1. The number of nitrogens with zero attached hydrogens (tertiary/aromatic N) is 4. The van der Waals surface area contributed by atoms with Gasteiger partial charge in [0.2, 0.25) is 5.88 Å². The Kier molecular flexibility index (Phi) is 6.71. The lowest BCUT2D eigenvalue weighted by atomic mass is 9.81. The van der Waals surface area contributed by atoms with E-state index in [1.807, 2.05) is 0 Å². The normalized spacial score (nSPS) is 33.6. The maximum absolute atomic E-state index is 14.5. The summed E-state index contributed by atoms with van der Waals surface area (Å²) in [5, 5.41) is 24.0. The highest BCUT2D eigenvalue weighted by atomic mass is 35.5. The first kappa shape index (κ1) is 27.7. The van der Waals surface area contributed by atoms with Gasteiger partial charge in [0.1, 0.15) is 18.5 Å². The molecule has 3 N–H and O–H groups in total. The second-order valence-electron chi connectivity index (χ2n) is 13.6. The van der Waals surface area contributed by atoms with Crippen LogP contribution >= 0.6 is 11.6 Å². The molecule has 228 valence electrons. The number of halogens is 2. The third-order valence-corrected chi connectivity index (χ3v) is 11.1. The molecular weight excluding hydrogens is 571 g/mol. The molecule has 2 bridgehead atoms. The lowest BCUT2D eigenvalue weighted by molar-refractivity contribution is 0.110. The number of nitrogens with one attached hydrogen (secondary N) is 2. The van der Waals surface area contributed by atoms with Crippen LogP contribution in [0.25, 0.3) is 16.5 Å². The van der Waals surface area contributed by atoms with Gasteiger partial charge in [-0.3, -0.25) is 9.69 Å². The standard InChI is InChI=1S/C32H38ClFN6O3/c1-17-5-22(17)29-26(33)7-21(41)8-27(29)40-31(42)24-9-28(43-16-32-3-2-4-39(32)15-19(34)10-32)38-30(25(24)14-37-40)23-6-20-13-35-11-18(23)12-36-20/h7-9,14,17-20,22-23,35-36,41H,2-6,10-13,15-16H2,1H3/t17-,18?,19-,20?,22-,23?,32+/m1/s1. The van der Waals surface area contributed by atoms with Gasteiger partial charge in [0.15, 0.2) is 0 Å². The smallest absolute Gasteiger partial charge is 0.279 e. The first-order valence-corrected chi connectivity index (χ1v) is 16.1. The zero-order chi connectivity index (χ0) is 29.5. The van der Waals surface area contributed by atoms with Crippen LogP contribution in [0.15, 0.2) is 29.2 Å². The van der Waals surface area contributed by atoms with Crippen molar-refractivity contribution in [2.45, 2.75) is 68.6 Å². The Balaban J connectivity index is 1.25.